The zero-order chi connectivity index (χ0) is 15.8. The molecule has 0 saturated carbocycles. The molecule has 0 radical (unpaired) electrons. The van der Waals surface area contributed by atoms with Gasteiger partial charge in [-0.2, -0.15) is 8.78 Å². The van der Waals surface area contributed by atoms with Crippen LogP contribution in [-0.4, -0.2) is 31.1 Å². The molecule has 116 valence electrons. The van der Waals surface area contributed by atoms with Crippen molar-refractivity contribution in [1.82, 2.24) is 10.6 Å². The van der Waals surface area contributed by atoms with Gasteiger partial charge in [0.25, 0.3) is 0 Å². The van der Waals surface area contributed by atoms with Gasteiger partial charge in [0.15, 0.2) is 0 Å². The van der Waals surface area contributed by atoms with Crippen molar-refractivity contribution in [2.45, 2.75) is 33.0 Å². The van der Waals surface area contributed by atoms with Crippen molar-refractivity contribution in [3.05, 3.63) is 35.4 Å². The number of carbonyl (C=O) groups excluding carboxylic acids is 2. The van der Waals surface area contributed by atoms with Crippen molar-refractivity contribution < 1.29 is 23.1 Å². The van der Waals surface area contributed by atoms with Crippen LogP contribution in [0.1, 0.15) is 18.1 Å². The van der Waals surface area contributed by atoms with Crippen molar-refractivity contribution in [2.24, 2.45) is 0 Å². The summed E-state index contributed by atoms with van der Waals surface area (Å²) in [5.41, 5.74) is 1.92. The van der Waals surface area contributed by atoms with E-state index in [9.17, 15) is 18.4 Å². The summed E-state index contributed by atoms with van der Waals surface area (Å²) >= 11 is 0. The molecule has 1 aromatic carbocycles. The average Bonchev–Trinajstić information content (AvgIpc) is 2.40. The standard InChI is InChI=1S/C14H18F2N2O3/c1-9-4-3-5-11(6-9)7-17-13(20)12(18-10(2)19)8-21-14(15)16/h3-6,12,14H,7-8H2,1-2H3,(H,17,20)(H,18,19)/t12-/m1/s1. The minimum atomic E-state index is -2.99. The first-order chi connectivity index (χ1) is 9.88. The zero-order valence-corrected chi connectivity index (χ0v) is 11.9. The Morgan fingerprint density at radius 3 is 2.62 bits per heavy atom. The average molecular weight is 300 g/mol. The van der Waals surface area contributed by atoms with Gasteiger partial charge in [0.2, 0.25) is 11.8 Å². The van der Waals surface area contributed by atoms with Crippen molar-refractivity contribution in [3.63, 3.8) is 0 Å². The normalized spacial score (nSPS) is 12.0. The molecule has 0 aromatic heterocycles. The molecular formula is C14H18F2N2O3. The summed E-state index contributed by atoms with van der Waals surface area (Å²) in [5, 5.41) is 4.85. The number of rotatable bonds is 7. The smallest absolute Gasteiger partial charge is 0.345 e. The van der Waals surface area contributed by atoms with E-state index in [1.165, 1.54) is 6.92 Å². The summed E-state index contributed by atoms with van der Waals surface area (Å²) in [6.07, 6.45) is 0. The Hall–Kier alpha value is -2.02. The maximum atomic E-state index is 12.0. The first-order valence-corrected chi connectivity index (χ1v) is 6.38. The lowest BCUT2D eigenvalue weighted by molar-refractivity contribution is -0.146. The topological polar surface area (TPSA) is 67.4 Å². The lowest BCUT2D eigenvalue weighted by Crippen LogP contribution is -2.48. The van der Waals surface area contributed by atoms with Gasteiger partial charge in [0.1, 0.15) is 6.04 Å². The molecule has 21 heavy (non-hydrogen) atoms. The number of benzene rings is 1. The number of amides is 2. The van der Waals surface area contributed by atoms with Crippen molar-refractivity contribution in [2.75, 3.05) is 6.61 Å². The molecule has 0 aliphatic rings. The Kier molecular flexibility index (Phi) is 6.74. The summed E-state index contributed by atoms with van der Waals surface area (Å²) in [4.78, 5) is 22.9. The van der Waals surface area contributed by atoms with Gasteiger partial charge < -0.3 is 15.4 Å². The Morgan fingerprint density at radius 1 is 1.33 bits per heavy atom. The van der Waals surface area contributed by atoms with E-state index in [-0.39, 0.29) is 6.54 Å². The second-order valence-electron chi connectivity index (χ2n) is 4.55. The van der Waals surface area contributed by atoms with Gasteiger partial charge in [-0.3, -0.25) is 9.59 Å². The summed E-state index contributed by atoms with van der Waals surface area (Å²) in [5.74, 6) is -1.07. The molecular weight excluding hydrogens is 282 g/mol. The predicted octanol–water partition coefficient (Wildman–Crippen LogP) is 1.36. The van der Waals surface area contributed by atoms with E-state index in [0.29, 0.717) is 0 Å². The molecule has 0 bridgehead atoms. The van der Waals surface area contributed by atoms with E-state index in [1.54, 1.807) is 0 Å². The molecule has 0 heterocycles. The summed E-state index contributed by atoms with van der Waals surface area (Å²) < 4.78 is 28.1. The van der Waals surface area contributed by atoms with Gasteiger partial charge in [-0.1, -0.05) is 29.8 Å². The first kappa shape index (κ1) is 17.0. The Morgan fingerprint density at radius 2 is 2.05 bits per heavy atom. The van der Waals surface area contributed by atoms with Crippen LogP contribution in [0.2, 0.25) is 0 Å². The highest BCUT2D eigenvalue weighted by atomic mass is 19.3. The Bertz CT molecular complexity index is 495. The van der Waals surface area contributed by atoms with Crippen molar-refractivity contribution >= 4 is 11.8 Å². The van der Waals surface area contributed by atoms with Crippen LogP contribution in [0.3, 0.4) is 0 Å². The maximum absolute atomic E-state index is 12.0. The summed E-state index contributed by atoms with van der Waals surface area (Å²) in [7, 11) is 0. The monoisotopic (exact) mass is 300 g/mol. The molecule has 0 spiro atoms. The number of hydrogen-bond donors (Lipinski definition) is 2. The van der Waals surface area contributed by atoms with Gasteiger partial charge in [-0.25, -0.2) is 0 Å². The predicted molar refractivity (Wildman–Crippen MR) is 72.6 cm³/mol. The second-order valence-corrected chi connectivity index (χ2v) is 4.55. The van der Waals surface area contributed by atoms with E-state index in [4.69, 9.17) is 0 Å². The van der Waals surface area contributed by atoms with Crippen LogP contribution in [0.25, 0.3) is 0 Å². The lowest BCUT2D eigenvalue weighted by atomic mass is 10.1. The van der Waals surface area contributed by atoms with Gasteiger partial charge in [0, 0.05) is 13.5 Å². The third-order valence-corrected chi connectivity index (χ3v) is 2.63. The first-order valence-electron chi connectivity index (χ1n) is 6.38. The van der Waals surface area contributed by atoms with Crippen LogP contribution in [0.15, 0.2) is 24.3 Å². The highest BCUT2D eigenvalue weighted by molar-refractivity contribution is 5.86. The number of alkyl halides is 2. The van der Waals surface area contributed by atoms with Gasteiger partial charge in [-0.15, -0.1) is 0 Å². The van der Waals surface area contributed by atoms with E-state index in [2.05, 4.69) is 15.4 Å². The van der Waals surface area contributed by atoms with E-state index in [0.717, 1.165) is 11.1 Å². The molecule has 0 aliphatic heterocycles. The number of halogens is 2. The van der Waals surface area contributed by atoms with Crippen LogP contribution in [0.4, 0.5) is 8.78 Å². The molecule has 1 aromatic rings. The molecule has 2 N–H and O–H groups in total. The minimum Gasteiger partial charge on any atom is -0.350 e. The molecule has 2 amide bonds. The van der Waals surface area contributed by atoms with Gasteiger partial charge in [0.05, 0.1) is 6.61 Å². The van der Waals surface area contributed by atoms with Crippen molar-refractivity contribution in [1.29, 1.82) is 0 Å². The van der Waals surface area contributed by atoms with E-state index < -0.39 is 31.1 Å². The highest BCUT2D eigenvalue weighted by Crippen LogP contribution is 2.04. The van der Waals surface area contributed by atoms with Crippen molar-refractivity contribution in [3.8, 4) is 0 Å². The Labute approximate surface area is 121 Å². The second kappa shape index (κ2) is 8.31. The fourth-order valence-corrected chi connectivity index (χ4v) is 1.73. The molecule has 1 rings (SSSR count). The summed E-state index contributed by atoms with van der Waals surface area (Å²) in [6, 6.07) is 6.34. The molecule has 5 nitrogen and oxygen atoms in total. The highest BCUT2D eigenvalue weighted by Gasteiger charge is 2.21. The maximum Gasteiger partial charge on any atom is 0.345 e. The Balaban J connectivity index is 2.56. The van der Waals surface area contributed by atoms with E-state index >= 15 is 0 Å². The van der Waals surface area contributed by atoms with Gasteiger partial charge in [-0.05, 0) is 12.5 Å². The number of hydrogen-bond acceptors (Lipinski definition) is 3. The molecule has 0 unspecified atom stereocenters. The molecule has 0 saturated heterocycles. The third kappa shape index (κ3) is 6.80. The van der Waals surface area contributed by atoms with Crippen LogP contribution >= 0.6 is 0 Å². The largest absolute Gasteiger partial charge is 0.350 e. The van der Waals surface area contributed by atoms with Crippen LogP contribution < -0.4 is 10.6 Å². The van der Waals surface area contributed by atoms with Gasteiger partial charge >= 0.3 is 6.61 Å². The number of carbonyl (C=O) groups is 2. The molecule has 0 fully saturated rings. The molecule has 1 atom stereocenters. The SMILES string of the molecule is CC(=O)N[C@H](COC(F)F)C(=O)NCc1cccc(C)c1. The number of ether oxygens (including phenoxy) is 1. The lowest BCUT2D eigenvalue weighted by Gasteiger charge is -2.17. The van der Waals surface area contributed by atoms with Crippen LogP contribution in [0, 0.1) is 6.92 Å². The summed E-state index contributed by atoms with van der Waals surface area (Å²) in [6.45, 7) is -0.223. The quantitative estimate of drug-likeness (QED) is 0.799. The minimum absolute atomic E-state index is 0.241. The van der Waals surface area contributed by atoms with Crippen LogP contribution in [-0.2, 0) is 20.9 Å². The van der Waals surface area contributed by atoms with Crippen LogP contribution in [0.5, 0.6) is 0 Å². The fourth-order valence-electron chi connectivity index (χ4n) is 1.73. The zero-order valence-electron chi connectivity index (χ0n) is 11.9. The van der Waals surface area contributed by atoms with E-state index in [1.807, 2.05) is 31.2 Å². The molecule has 0 aliphatic carbocycles. The molecule has 7 heteroatoms. The number of nitrogens with one attached hydrogen (secondary N) is 2. The third-order valence-electron chi connectivity index (χ3n) is 2.63. The fraction of sp³-hybridized carbons (Fsp3) is 0.429. The number of aryl methyl sites for hydroxylation is 1.